The van der Waals surface area contributed by atoms with Crippen LogP contribution in [-0.2, 0) is 9.53 Å². The maximum Gasteiger partial charge on any atom is 0.414 e. The summed E-state index contributed by atoms with van der Waals surface area (Å²) in [6.07, 6.45) is -0.768. The van der Waals surface area contributed by atoms with Gasteiger partial charge in [0.05, 0.1) is 17.7 Å². The molecule has 0 aromatic heterocycles. The van der Waals surface area contributed by atoms with Gasteiger partial charge in [0.25, 0.3) is 0 Å². The smallest absolute Gasteiger partial charge is 0.414 e. The minimum absolute atomic E-state index is 0.163. The zero-order valence-corrected chi connectivity index (χ0v) is 17.8. The van der Waals surface area contributed by atoms with E-state index in [2.05, 4.69) is 16.7 Å². The third kappa shape index (κ3) is 8.40. The number of carbonyl (C=O) groups is 2. The van der Waals surface area contributed by atoms with Crippen LogP contribution in [0.4, 0.5) is 4.79 Å². The number of rotatable bonds is 6. The van der Waals surface area contributed by atoms with E-state index in [1.165, 1.54) is 0 Å². The summed E-state index contributed by atoms with van der Waals surface area (Å²) in [7, 11) is 0. The number of ether oxygens (including phenoxy) is 2. The van der Waals surface area contributed by atoms with E-state index < -0.39 is 29.1 Å². The number of carbonyl (C=O) groups excluding carboxylic acids is 2. The first-order valence-electron chi connectivity index (χ1n) is 9.24. The second-order valence-electron chi connectivity index (χ2n) is 8.81. The summed E-state index contributed by atoms with van der Waals surface area (Å²) in [6, 6.07) is 8.07. The van der Waals surface area contributed by atoms with Crippen LogP contribution in [0.5, 0.6) is 5.75 Å². The van der Waals surface area contributed by atoms with Gasteiger partial charge in [0.1, 0.15) is 18.0 Å². The number of nitrogens with one attached hydrogen (secondary N) is 2. The fourth-order valence-electron chi connectivity index (χ4n) is 2.37. The van der Waals surface area contributed by atoms with E-state index in [9.17, 15) is 9.59 Å². The molecule has 1 aromatic rings. The number of alkyl carbamates (subject to hydrolysis) is 1. The summed E-state index contributed by atoms with van der Waals surface area (Å²) < 4.78 is 10.9. The summed E-state index contributed by atoms with van der Waals surface area (Å²) in [5.74, 6) is 0.185. The average Bonchev–Trinajstić information content (AvgIpc) is 2.55. The van der Waals surface area contributed by atoms with Crippen LogP contribution in [0.2, 0.25) is 0 Å². The first kappa shape index (κ1) is 23.4. The number of hydrogen-bond donors (Lipinski definition) is 2. The van der Waals surface area contributed by atoms with Gasteiger partial charge in [0.2, 0.25) is 5.91 Å². The van der Waals surface area contributed by atoms with Crippen LogP contribution in [-0.4, -0.2) is 36.3 Å². The molecule has 0 saturated heterocycles. The number of benzene rings is 1. The number of hydrogen-bond acceptors (Lipinski definition) is 6. The largest absolute Gasteiger partial charge is 0.492 e. The topological polar surface area (TPSA) is 100 Å². The molecule has 154 valence electrons. The average molecular weight is 389 g/mol. The lowest BCUT2D eigenvalue weighted by Gasteiger charge is -2.32. The maximum absolute atomic E-state index is 12.6. The molecule has 0 spiro atoms. The van der Waals surface area contributed by atoms with Gasteiger partial charge in [-0.3, -0.25) is 15.4 Å². The highest BCUT2D eigenvalue weighted by Crippen LogP contribution is 2.20. The van der Waals surface area contributed by atoms with Crippen molar-refractivity contribution in [2.24, 2.45) is 5.41 Å². The molecule has 0 fully saturated rings. The van der Waals surface area contributed by atoms with Crippen LogP contribution in [0.1, 0.15) is 54.0 Å². The summed E-state index contributed by atoms with van der Waals surface area (Å²) in [5.41, 5.74) is -0.559. The zero-order chi connectivity index (χ0) is 21.5. The highest BCUT2D eigenvalue weighted by Gasteiger charge is 2.34. The molecule has 2 atom stereocenters. The first-order chi connectivity index (χ1) is 12.8. The first-order valence-corrected chi connectivity index (χ1v) is 9.24. The van der Waals surface area contributed by atoms with Crippen LogP contribution in [0.3, 0.4) is 0 Å². The van der Waals surface area contributed by atoms with E-state index in [1.807, 2.05) is 27.7 Å². The van der Waals surface area contributed by atoms with Crippen LogP contribution in [0.15, 0.2) is 24.3 Å². The second kappa shape index (κ2) is 9.56. The fourth-order valence-corrected chi connectivity index (χ4v) is 2.37. The minimum Gasteiger partial charge on any atom is -0.492 e. The zero-order valence-electron chi connectivity index (χ0n) is 17.8. The van der Waals surface area contributed by atoms with Gasteiger partial charge in [-0.05, 0) is 57.4 Å². The Bertz CT molecular complexity index is 709. The normalized spacial score (nSPS) is 13.8. The van der Waals surface area contributed by atoms with Gasteiger partial charge in [0.15, 0.2) is 0 Å². The van der Waals surface area contributed by atoms with Crippen LogP contribution >= 0.6 is 0 Å². The Balaban J connectivity index is 2.68. The lowest BCUT2D eigenvalue weighted by Crippen LogP contribution is -2.56. The van der Waals surface area contributed by atoms with Gasteiger partial charge >= 0.3 is 6.09 Å². The number of amides is 2. The van der Waals surface area contributed by atoms with Crippen molar-refractivity contribution in [3.05, 3.63) is 29.8 Å². The van der Waals surface area contributed by atoms with Crippen molar-refractivity contribution in [3.8, 4) is 11.8 Å². The van der Waals surface area contributed by atoms with Crippen molar-refractivity contribution < 1.29 is 19.1 Å². The molecule has 0 heterocycles. The maximum atomic E-state index is 12.6. The third-order valence-corrected chi connectivity index (χ3v) is 3.69. The van der Waals surface area contributed by atoms with Gasteiger partial charge in [-0.15, -0.1) is 0 Å². The Hall–Kier alpha value is -2.59. The van der Waals surface area contributed by atoms with Gasteiger partial charge < -0.3 is 9.47 Å². The second-order valence-corrected chi connectivity index (χ2v) is 8.81. The number of imide groups is 1. The molecule has 2 N–H and O–H groups in total. The fraction of sp³-hybridized carbons (Fsp3) is 0.571. The molecule has 7 nitrogen and oxygen atoms in total. The molecular weight excluding hydrogens is 358 g/mol. The van der Waals surface area contributed by atoms with E-state index in [1.54, 1.807) is 45.0 Å². The van der Waals surface area contributed by atoms with Crippen molar-refractivity contribution in [2.75, 3.05) is 6.61 Å². The summed E-state index contributed by atoms with van der Waals surface area (Å²) >= 11 is 0. The highest BCUT2D eigenvalue weighted by molar-refractivity contribution is 5.95. The standard InChI is InChI=1S/C21H31N3O4/c1-14(13-27-16-10-8-15(12-22)9-11-16)23-17(20(2,3)4)18(25)24-19(26)28-21(5,6)7/h8-11,14,17,23H,13H2,1-7H3,(H,24,25,26)/t14?,17-/m1/s1. The molecule has 1 rings (SSSR count). The Morgan fingerprint density at radius 3 is 2.14 bits per heavy atom. The van der Waals surface area contributed by atoms with Gasteiger partial charge in [-0.2, -0.15) is 5.26 Å². The Kier molecular flexibility index (Phi) is 8.01. The van der Waals surface area contributed by atoms with E-state index in [0.29, 0.717) is 17.9 Å². The molecule has 0 radical (unpaired) electrons. The molecule has 0 saturated carbocycles. The van der Waals surface area contributed by atoms with Gasteiger partial charge in [0, 0.05) is 6.04 Å². The molecule has 2 amide bonds. The Morgan fingerprint density at radius 1 is 1.11 bits per heavy atom. The molecule has 7 heteroatoms. The lowest BCUT2D eigenvalue weighted by molar-refractivity contribution is -0.125. The molecule has 28 heavy (non-hydrogen) atoms. The molecule has 0 aliphatic rings. The van der Waals surface area contributed by atoms with E-state index in [0.717, 1.165) is 0 Å². The number of nitrogens with zero attached hydrogens (tertiary/aromatic N) is 1. The minimum atomic E-state index is -0.768. The van der Waals surface area contributed by atoms with Crippen molar-refractivity contribution >= 4 is 12.0 Å². The van der Waals surface area contributed by atoms with Crippen LogP contribution in [0, 0.1) is 16.7 Å². The predicted molar refractivity (Wildman–Crippen MR) is 107 cm³/mol. The quantitative estimate of drug-likeness (QED) is 0.773. The van der Waals surface area contributed by atoms with Crippen molar-refractivity contribution in [1.82, 2.24) is 10.6 Å². The molecule has 0 aliphatic heterocycles. The van der Waals surface area contributed by atoms with Crippen molar-refractivity contribution in [2.45, 2.75) is 66.2 Å². The Labute approximate surface area is 167 Å². The molecule has 0 aliphatic carbocycles. The molecule has 0 bridgehead atoms. The number of nitriles is 1. The van der Waals surface area contributed by atoms with Gasteiger partial charge in [-0.25, -0.2) is 4.79 Å². The van der Waals surface area contributed by atoms with E-state index in [4.69, 9.17) is 14.7 Å². The van der Waals surface area contributed by atoms with Crippen molar-refractivity contribution in [3.63, 3.8) is 0 Å². The van der Waals surface area contributed by atoms with Crippen molar-refractivity contribution in [1.29, 1.82) is 5.26 Å². The lowest BCUT2D eigenvalue weighted by atomic mass is 9.85. The van der Waals surface area contributed by atoms with Crippen LogP contribution < -0.4 is 15.4 Å². The predicted octanol–water partition coefficient (Wildman–Crippen LogP) is 3.38. The van der Waals surface area contributed by atoms with E-state index >= 15 is 0 Å². The molecule has 1 unspecified atom stereocenters. The summed E-state index contributed by atoms with van der Waals surface area (Å²) in [6.45, 7) is 13.1. The molecular formula is C21H31N3O4. The highest BCUT2D eigenvalue weighted by atomic mass is 16.6. The third-order valence-electron chi connectivity index (χ3n) is 3.69. The molecule has 1 aromatic carbocycles. The summed E-state index contributed by atoms with van der Waals surface area (Å²) in [5, 5.41) is 14.3. The monoisotopic (exact) mass is 389 g/mol. The summed E-state index contributed by atoms with van der Waals surface area (Å²) in [4.78, 5) is 24.5. The van der Waals surface area contributed by atoms with E-state index in [-0.39, 0.29) is 6.04 Å². The van der Waals surface area contributed by atoms with Gasteiger partial charge in [-0.1, -0.05) is 20.8 Å². The Morgan fingerprint density at radius 2 is 1.68 bits per heavy atom. The van der Waals surface area contributed by atoms with Crippen LogP contribution in [0.25, 0.3) is 0 Å². The SMILES string of the molecule is CC(COc1ccc(C#N)cc1)N[C@H](C(=O)NC(=O)OC(C)(C)C)C(C)(C)C.